The van der Waals surface area contributed by atoms with Gasteiger partial charge in [0.15, 0.2) is 0 Å². The molecule has 1 fully saturated rings. The van der Waals surface area contributed by atoms with Crippen LogP contribution in [0, 0.1) is 0 Å². The Morgan fingerprint density at radius 2 is 1.80 bits per heavy atom. The lowest BCUT2D eigenvalue weighted by atomic mass is 10.1. The molecule has 3 nitrogen and oxygen atoms in total. The zero-order valence-electron chi connectivity index (χ0n) is 11.6. The molecule has 102 valence electrons. The summed E-state index contributed by atoms with van der Waals surface area (Å²) >= 11 is 0. The van der Waals surface area contributed by atoms with E-state index in [4.69, 9.17) is 0 Å². The van der Waals surface area contributed by atoms with E-state index >= 15 is 0 Å². The number of piperidine rings is 1. The van der Waals surface area contributed by atoms with Crippen LogP contribution in [0.1, 0.15) is 24.8 Å². The van der Waals surface area contributed by atoms with Crippen molar-refractivity contribution in [2.24, 2.45) is 4.99 Å². The third-order valence-electron chi connectivity index (χ3n) is 3.62. The maximum atomic E-state index is 4.48. The molecule has 0 radical (unpaired) electrons. The minimum absolute atomic E-state index is 0.981. The van der Waals surface area contributed by atoms with Gasteiger partial charge in [-0.05, 0) is 49.6 Å². The summed E-state index contributed by atoms with van der Waals surface area (Å²) in [4.78, 5) is 11.0. The normalized spacial score (nSPS) is 15.7. The quantitative estimate of drug-likeness (QED) is 0.789. The highest BCUT2D eigenvalue weighted by Crippen LogP contribution is 2.22. The van der Waals surface area contributed by atoms with Crippen molar-refractivity contribution in [1.29, 1.82) is 0 Å². The summed E-state index contributed by atoms with van der Waals surface area (Å²) in [6, 6.07) is 12.4. The second-order valence-corrected chi connectivity index (χ2v) is 5.11. The van der Waals surface area contributed by atoms with E-state index in [0.717, 1.165) is 11.3 Å². The number of hydrogen-bond acceptors (Lipinski definition) is 3. The third kappa shape index (κ3) is 3.23. The molecule has 0 saturated carbocycles. The van der Waals surface area contributed by atoms with Crippen LogP contribution in [0.3, 0.4) is 0 Å². The lowest BCUT2D eigenvalue weighted by molar-refractivity contribution is 0.578. The standard InChI is InChI=1S/C17H19N3/c1-2-11-20(12-3-1)17-8-6-16(7-9-17)19-14-15-5-4-10-18-13-15/h4-10,13-14H,1-3,11-12H2. The number of aromatic nitrogens is 1. The molecule has 1 aliphatic rings. The summed E-state index contributed by atoms with van der Waals surface area (Å²) in [6.07, 6.45) is 9.41. The second kappa shape index (κ2) is 6.33. The van der Waals surface area contributed by atoms with Gasteiger partial charge < -0.3 is 4.90 Å². The molecule has 0 atom stereocenters. The van der Waals surface area contributed by atoms with Crippen molar-refractivity contribution in [3.63, 3.8) is 0 Å². The minimum Gasteiger partial charge on any atom is -0.372 e. The van der Waals surface area contributed by atoms with Gasteiger partial charge in [-0.15, -0.1) is 0 Å². The van der Waals surface area contributed by atoms with Gasteiger partial charge in [0.1, 0.15) is 0 Å². The Labute approximate surface area is 120 Å². The molecule has 3 heteroatoms. The van der Waals surface area contributed by atoms with Crippen molar-refractivity contribution in [3.05, 3.63) is 54.4 Å². The Bertz CT molecular complexity index is 555. The molecule has 0 aliphatic carbocycles. The number of anilines is 1. The summed E-state index contributed by atoms with van der Waals surface area (Å²) in [5.41, 5.74) is 3.31. The summed E-state index contributed by atoms with van der Waals surface area (Å²) in [5, 5.41) is 0. The van der Waals surface area contributed by atoms with Gasteiger partial charge >= 0.3 is 0 Å². The highest BCUT2D eigenvalue weighted by atomic mass is 15.1. The predicted molar refractivity (Wildman–Crippen MR) is 84.0 cm³/mol. The Morgan fingerprint density at radius 3 is 2.50 bits per heavy atom. The van der Waals surface area contributed by atoms with Crippen LogP contribution in [0.4, 0.5) is 11.4 Å². The molecule has 0 amide bonds. The number of pyridine rings is 1. The number of hydrogen-bond donors (Lipinski definition) is 0. The van der Waals surface area contributed by atoms with Crippen LogP contribution in [-0.4, -0.2) is 24.3 Å². The van der Waals surface area contributed by atoms with E-state index in [1.807, 2.05) is 24.5 Å². The maximum absolute atomic E-state index is 4.48. The van der Waals surface area contributed by atoms with Crippen molar-refractivity contribution in [2.45, 2.75) is 19.3 Å². The molecule has 0 spiro atoms. The Balaban J connectivity index is 1.68. The zero-order chi connectivity index (χ0) is 13.6. The molecule has 0 bridgehead atoms. The van der Waals surface area contributed by atoms with Crippen LogP contribution in [0.25, 0.3) is 0 Å². The first-order valence-electron chi connectivity index (χ1n) is 7.21. The van der Waals surface area contributed by atoms with Crippen molar-refractivity contribution >= 4 is 17.6 Å². The first-order valence-corrected chi connectivity index (χ1v) is 7.21. The topological polar surface area (TPSA) is 28.5 Å². The summed E-state index contributed by atoms with van der Waals surface area (Å²) in [6.45, 7) is 2.36. The van der Waals surface area contributed by atoms with E-state index in [-0.39, 0.29) is 0 Å². The van der Waals surface area contributed by atoms with Crippen LogP contribution >= 0.6 is 0 Å². The molecule has 2 aromatic rings. The molecular formula is C17H19N3. The Hall–Kier alpha value is -2.16. The predicted octanol–water partition coefficient (Wildman–Crippen LogP) is 3.82. The van der Waals surface area contributed by atoms with Crippen molar-refractivity contribution < 1.29 is 0 Å². The molecule has 1 aromatic carbocycles. The molecule has 3 rings (SSSR count). The fourth-order valence-electron chi connectivity index (χ4n) is 2.50. The first kappa shape index (κ1) is 12.9. The number of benzene rings is 1. The van der Waals surface area contributed by atoms with E-state index in [9.17, 15) is 0 Å². The van der Waals surface area contributed by atoms with Crippen LogP contribution < -0.4 is 4.90 Å². The lowest BCUT2D eigenvalue weighted by Crippen LogP contribution is -2.29. The van der Waals surface area contributed by atoms with Gasteiger partial charge in [-0.2, -0.15) is 0 Å². The maximum Gasteiger partial charge on any atom is 0.0631 e. The smallest absolute Gasteiger partial charge is 0.0631 e. The highest BCUT2D eigenvalue weighted by Gasteiger charge is 2.10. The van der Waals surface area contributed by atoms with Crippen LogP contribution in [0.15, 0.2) is 53.8 Å². The molecule has 1 aliphatic heterocycles. The average molecular weight is 265 g/mol. The van der Waals surface area contributed by atoms with Crippen LogP contribution in [0.5, 0.6) is 0 Å². The molecule has 0 N–H and O–H groups in total. The number of nitrogens with zero attached hydrogens (tertiary/aromatic N) is 3. The largest absolute Gasteiger partial charge is 0.372 e. The molecule has 1 saturated heterocycles. The van der Waals surface area contributed by atoms with Gasteiger partial charge in [0, 0.05) is 42.9 Å². The van der Waals surface area contributed by atoms with Gasteiger partial charge in [-0.25, -0.2) is 0 Å². The average Bonchev–Trinajstić information content (AvgIpc) is 2.55. The fourth-order valence-corrected chi connectivity index (χ4v) is 2.50. The summed E-state index contributed by atoms with van der Waals surface area (Å²) < 4.78 is 0. The van der Waals surface area contributed by atoms with Gasteiger partial charge in [-0.3, -0.25) is 9.98 Å². The van der Waals surface area contributed by atoms with Gasteiger partial charge in [0.25, 0.3) is 0 Å². The summed E-state index contributed by atoms with van der Waals surface area (Å²) in [5.74, 6) is 0. The molecule has 2 heterocycles. The molecule has 1 aromatic heterocycles. The minimum atomic E-state index is 0.981. The Morgan fingerprint density at radius 1 is 1.00 bits per heavy atom. The van der Waals surface area contributed by atoms with E-state index in [0.29, 0.717) is 0 Å². The molecular weight excluding hydrogens is 246 g/mol. The van der Waals surface area contributed by atoms with Crippen molar-refractivity contribution in [1.82, 2.24) is 4.98 Å². The van der Waals surface area contributed by atoms with Gasteiger partial charge in [0.2, 0.25) is 0 Å². The van der Waals surface area contributed by atoms with Gasteiger partial charge in [-0.1, -0.05) is 6.07 Å². The van der Waals surface area contributed by atoms with Crippen LogP contribution in [-0.2, 0) is 0 Å². The molecule has 0 unspecified atom stereocenters. The van der Waals surface area contributed by atoms with Crippen molar-refractivity contribution in [2.75, 3.05) is 18.0 Å². The van der Waals surface area contributed by atoms with E-state index in [2.05, 4.69) is 39.1 Å². The molecule has 20 heavy (non-hydrogen) atoms. The van der Waals surface area contributed by atoms with Crippen molar-refractivity contribution in [3.8, 4) is 0 Å². The second-order valence-electron chi connectivity index (χ2n) is 5.11. The Kier molecular flexibility index (Phi) is 4.07. The number of aliphatic imine (C=N–C) groups is 1. The fraction of sp³-hybridized carbons (Fsp3) is 0.294. The lowest BCUT2D eigenvalue weighted by Gasteiger charge is -2.28. The summed E-state index contributed by atoms with van der Waals surface area (Å²) in [7, 11) is 0. The zero-order valence-corrected chi connectivity index (χ0v) is 11.6. The van der Waals surface area contributed by atoms with Gasteiger partial charge in [0.05, 0.1) is 5.69 Å². The van der Waals surface area contributed by atoms with E-state index in [1.54, 1.807) is 6.20 Å². The SMILES string of the molecule is C(=Nc1ccc(N2CCCCC2)cc1)c1cccnc1. The number of rotatable bonds is 3. The first-order chi connectivity index (χ1) is 9.92. The van der Waals surface area contributed by atoms with E-state index < -0.39 is 0 Å². The van der Waals surface area contributed by atoms with E-state index in [1.165, 1.54) is 38.0 Å². The third-order valence-corrected chi connectivity index (χ3v) is 3.62. The van der Waals surface area contributed by atoms with Crippen LogP contribution in [0.2, 0.25) is 0 Å². The monoisotopic (exact) mass is 265 g/mol. The highest BCUT2D eigenvalue weighted by molar-refractivity contribution is 5.81.